The predicted molar refractivity (Wildman–Crippen MR) is 44.7 cm³/mol. The molecule has 1 aromatic carbocycles. The molecule has 1 aromatic rings. The summed E-state index contributed by atoms with van der Waals surface area (Å²) in [7, 11) is 1.70. The molecule has 1 radical (unpaired) electrons. The molecule has 0 bridgehead atoms. The summed E-state index contributed by atoms with van der Waals surface area (Å²) in [6, 6.07) is 7.00. The average molecular weight is 148 g/mol. The first-order valence-electron chi connectivity index (χ1n) is 3.50. The van der Waals surface area contributed by atoms with E-state index in [1.165, 1.54) is 0 Å². The Kier molecular flexibility index (Phi) is 2.66. The van der Waals surface area contributed by atoms with Gasteiger partial charge in [0.2, 0.25) is 0 Å². The van der Waals surface area contributed by atoms with Crippen LogP contribution in [0.2, 0.25) is 0 Å². The lowest BCUT2D eigenvalue weighted by Crippen LogP contribution is -1.84. The molecule has 0 aliphatic carbocycles. The van der Waals surface area contributed by atoms with Gasteiger partial charge in [0.25, 0.3) is 0 Å². The molecular formula is C9H10NO. The van der Waals surface area contributed by atoms with Crippen LogP contribution < -0.4 is 0 Å². The van der Waals surface area contributed by atoms with Gasteiger partial charge in [0, 0.05) is 25.2 Å². The maximum absolute atomic E-state index is 11.1. The molecule has 0 unspecified atom stereocenters. The van der Waals surface area contributed by atoms with Crippen LogP contribution in [0.4, 0.5) is 0 Å². The molecule has 57 valence electrons. The van der Waals surface area contributed by atoms with Gasteiger partial charge in [-0.2, -0.15) is 0 Å². The number of aliphatic imine (C=N–C) groups is 1. The lowest BCUT2D eigenvalue weighted by molar-refractivity contribution is 0.351. The van der Waals surface area contributed by atoms with E-state index in [-0.39, 0.29) is 5.75 Å². The minimum absolute atomic E-state index is 0.0902. The van der Waals surface area contributed by atoms with Crippen molar-refractivity contribution in [3.8, 4) is 5.75 Å². The molecule has 0 saturated heterocycles. The number of hydrogen-bond acceptors (Lipinski definition) is 1. The van der Waals surface area contributed by atoms with E-state index in [2.05, 4.69) is 4.99 Å². The zero-order valence-electron chi connectivity index (χ0n) is 6.45. The van der Waals surface area contributed by atoms with E-state index in [0.717, 1.165) is 5.56 Å². The van der Waals surface area contributed by atoms with Crippen LogP contribution in [0.25, 0.3) is 0 Å². The van der Waals surface area contributed by atoms with Crippen molar-refractivity contribution in [2.45, 2.75) is 6.42 Å². The fraction of sp³-hybridized carbons (Fsp3) is 0.222. The molecule has 0 aromatic heterocycles. The van der Waals surface area contributed by atoms with Crippen LogP contribution >= 0.6 is 0 Å². The largest absolute Gasteiger partial charge is 0.301 e. The molecule has 0 aliphatic heterocycles. The summed E-state index contributed by atoms with van der Waals surface area (Å²) in [5.74, 6) is 0.0902. The standard InChI is InChI=1S/C9H10NO/c1-10-7-6-8-4-2-3-5-9(8)11/h2-5,7H,6H2,1H3. The van der Waals surface area contributed by atoms with Gasteiger partial charge in [-0.05, 0) is 6.07 Å². The molecule has 0 amide bonds. The van der Waals surface area contributed by atoms with E-state index >= 15 is 0 Å². The van der Waals surface area contributed by atoms with Gasteiger partial charge >= 0.3 is 0 Å². The molecule has 2 nitrogen and oxygen atoms in total. The summed E-state index contributed by atoms with van der Waals surface area (Å²) in [5, 5.41) is 11.1. The van der Waals surface area contributed by atoms with Crippen molar-refractivity contribution in [3.63, 3.8) is 0 Å². The van der Waals surface area contributed by atoms with Gasteiger partial charge in [0.1, 0.15) is 0 Å². The van der Waals surface area contributed by atoms with Crippen LogP contribution in [0.3, 0.4) is 0 Å². The molecule has 0 atom stereocenters. The molecule has 1 rings (SSSR count). The molecule has 0 fully saturated rings. The summed E-state index contributed by atoms with van der Waals surface area (Å²) in [6.07, 6.45) is 2.37. The third-order valence-electron chi connectivity index (χ3n) is 1.47. The van der Waals surface area contributed by atoms with Crippen molar-refractivity contribution in [2.75, 3.05) is 7.05 Å². The third-order valence-corrected chi connectivity index (χ3v) is 1.47. The molecule has 0 saturated carbocycles. The van der Waals surface area contributed by atoms with Crippen LogP contribution in [0.15, 0.2) is 29.3 Å². The molecule has 0 N–H and O–H groups in total. The van der Waals surface area contributed by atoms with Crippen molar-refractivity contribution in [3.05, 3.63) is 29.8 Å². The summed E-state index contributed by atoms with van der Waals surface area (Å²) in [4.78, 5) is 3.81. The van der Waals surface area contributed by atoms with E-state index in [4.69, 9.17) is 0 Å². The van der Waals surface area contributed by atoms with E-state index in [1.54, 1.807) is 25.4 Å². The van der Waals surface area contributed by atoms with E-state index in [0.29, 0.717) is 6.42 Å². The summed E-state index contributed by atoms with van der Waals surface area (Å²) in [6.45, 7) is 0. The monoisotopic (exact) mass is 148 g/mol. The molecule has 0 heterocycles. The Bertz CT molecular complexity index is 255. The van der Waals surface area contributed by atoms with E-state index in [9.17, 15) is 5.11 Å². The third kappa shape index (κ3) is 2.08. The molecule has 11 heavy (non-hydrogen) atoms. The minimum Gasteiger partial charge on any atom is -0.301 e. The first-order chi connectivity index (χ1) is 5.34. The Labute approximate surface area is 66.2 Å². The van der Waals surface area contributed by atoms with Gasteiger partial charge in [0.05, 0.1) is 0 Å². The number of para-hydroxylation sites is 1. The highest BCUT2D eigenvalue weighted by atomic mass is 16.3. The molecule has 0 aliphatic rings. The summed E-state index contributed by atoms with van der Waals surface area (Å²) in [5.41, 5.74) is 0.804. The predicted octanol–water partition coefficient (Wildman–Crippen LogP) is 2.07. The number of rotatable bonds is 2. The average Bonchev–Trinajstić information content (AvgIpc) is 2.03. The fourth-order valence-corrected chi connectivity index (χ4v) is 0.862. The van der Waals surface area contributed by atoms with Crippen LogP contribution in [-0.4, -0.2) is 13.3 Å². The minimum atomic E-state index is 0.0902. The van der Waals surface area contributed by atoms with Crippen molar-refractivity contribution < 1.29 is 5.11 Å². The Morgan fingerprint density at radius 1 is 1.45 bits per heavy atom. The lowest BCUT2D eigenvalue weighted by atomic mass is 10.1. The maximum atomic E-state index is 11.1. The number of benzene rings is 1. The van der Waals surface area contributed by atoms with Crippen LogP contribution in [-0.2, 0) is 11.5 Å². The SMILES string of the molecule is CN=CCc1ccccc1[O]. The number of nitrogens with zero attached hydrogens (tertiary/aromatic N) is 1. The zero-order valence-corrected chi connectivity index (χ0v) is 6.45. The zero-order chi connectivity index (χ0) is 8.10. The Hall–Kier alpha value is -1.31. The summed E-state index contributed by atoms with van der Waals surface area (Å²) >= 11 is 0. The Morgan fingerprint density at radius 2 is 2.18 bits per heavy atom. The van der Waals surface area contributed by atoms with Crippen molar-refractivity contribution in [1.29, 1.82) is 0 Å². The van der Waals surface area contributed by atoms with Gasteiger partial charge in [0.15, 0.2) is 5.75 Å². The second kappa shape index (κ2) is 3.76. The van der Waals surface area contributed by atoms with E-state index < -0.39 is 0 Å². The molecule has 0 spiro atoms. The normalized spacial score (nSPS) is 10.6. The van der Waals surface area contributed by atoms with Crippen molar-refractivity contribution in [1.82, 2.24) is 0 Å². The quantitative estimate of drug-likeness (QED) is 0.575. The molecule has 2 heteroatoms. The second-order valence-corrected chi connectivity index (χ2v) is 2.25. The molecular weight excluding hydrogens is 138 g/mol. The van der Waals surface area contributed by atoms with Gasteiger partial charge < -0.3 is 4.99 Å². The topological polar surface area (TPSA) is 32.3 Å². The van der Waals surface area contributed by atoms with Crippen molar-refractivity contribution >= 4 is 6.21 Å². The number of hydrogen-bond donors (Lipinski definition) is 0. The van der Waals surface area contributed by atoms with Crippen LogP contribution in [0.1, 0.15) is 5.56 Å². The first-order valence-corrected chi connectivity index (χ1v) is 3.50. The second-order valence-electron chi connectivity index (χ2n) is 2.25. The Balaban J connectivity index is 2.77. The highest BCUT2D eigenvalue weighted by molar-refractivity contribution is 5.62. The van der Waals surface area contributed by atoms with Gasteiger partial charge in [-0.25, -0.2) is 0 Å². The highest BCUT2D eigenvalue weighted by Crippen LogP contribution is 2.15. The Morgan fingerprint density at radius 3 is 2.82 bits per heavy atom. The van der Waals surface area contributed by atoms with E-state index in [1.807, 2.05) is 12.1 Å². The maximum Gasteiger partial charge on any atom is 0.182 e. The lowest BCUT2D eigenvalue weighted by Gasteiger charge is -1.95. The van der Waals surface area contributed by atoms with Gasteiger partial charge in [-0.3, -0.25) is 5.11 Å². The van der Waals surface area contributed by atoms with Gasteiger partial charge in [-0.15, -0.1) is 0 Å². The smallest absolute Gasteiger partial charge is 0.182 e. The van der Waals surface area contributed by atoms with Crippen molar-refractivity contribution in [2.24, 2.45) is 4.99 Å². The highest BCUT2D eigenvalue weighted by Gasteiger charge is 1.97. The van der Waals surface area contributed by atoms with Crippen LogP contribution in [0.5, 0.6) is 5.75 Å². The fourth-order valence-electron chi connectivity index (χ4n) is 0.862. The van der Waals surface area contributed by atoms with Gasteiger partial charge in [-0.1, -0.05) is 18.2 Å². The summed E-state index contributed by atoms with van der Waals surface area (Å²) < 4.78 is 0. The first kappa shape index (κ1) is 7.79. The van der Waals surface area contributed by atoms with Crippen LogP contribution in [0, 0.1) is 0 Å².